The minimum atomic E-state index is -0.845. The molecule has 1 heterocycles. The van der Waals surface area contributed by atoms with Crippen LogP contribution in [0, 0.1) is 0 Å². The van der Waals surface area contributed by atoms with E-state index < -0.39 is 17.6 Å². The van der Waals surface area contributed by atoms with Crippen LogP contribution >= 0.6 is 11.6 Å². The number of carbonyl (C=O) groups excluding carboxylic acids is 1. The molecule has 0 aliphatic heterocycles. The summed E-state index contributed by atoms with van der Waals surface area (Å²) < 4.78 is 5.15. The molecule has 0 spiro atoms. The van der Waals surface area contributed by atoms with Crippen molar-refractivity contribution in [3.8, 4) is 0 Å². The molecule has 1 unspecified atom stereocenters. The van der Waals surface area contributed by atoms with Gasteiger partial charge in [-0.3, -0.25) is 4.79 Å². The van der Waals surface area contributed by atoms with Gasteiger partial charge in [0.15, 0.2) is 0 Å². The first-order valence-corrected chi connectivity index (χ1v) is 5.82. The summed E-state index contributed by atoms with van der Waals surface area (Å²) in [6.45, 7) is 5.31. The number of anilines is 1. The Morgan fingerprint density at radius 1 is 1.50 bits per heavy atom. The fourth-order valence-corrected chi connectivity index (χ4v) is 1.44. The van der Waals surface area contributed by atoms with E-state index in [-0.39, 0.29) is 17.4 Å². The first-order valence-electron chi connectivity index (χ1n) is 5.45. The summed E-state index contributed by atoms with van der Waals surface area (Å²) in [4.78, 5) is 19.6. The van der Waals surface area contributed by atoms with Gasteiger partial charge in [0, 0.05) is 12.5 Å². The van der Waals surface area contributed by atoms with E-state index in [4.69, 9.17) is 27.8 Å². The molecule has 0 bridgehead atoms. The van der Waals surface area contributed by atoms with Crippen LogP contribution in [0.3, 0.4) is 0 Å². The monoisotopic (exact) mass is 272 g/mol. The molecular weight excluding hydrogens is 256 g/mol. The highest BCUT2D eigenvalue weighted by molar-refractivity contribution is 6.29. The van der Waals surface area contributed by atoms with Gasteiger partial charge in [0.1, 0.15) is 28.4 Å². The minimum Gasteiger partial charge on any atom is -0.459 e. The molecule has 0 aliphatic carbocycles. The van der Waals surface area contributed by atoms with E-state index >= 15 is 0 Å². The zero-order valence-corrected chi connectivity index (χ0v) is 11.4. The summed E-state index contributed by atoms with van der Waals surface area (Å²) >= 11 is 5.73. The van der Waals surface area contributed by atoms with Gasteiger partial charge in [0.05, 0.1) is 0 Å². The second kappa shape index (κ2) is 5.49. The lowest BCUT2D eigenvalue weighted by Gasteiger charge is -2.21. The van der Waals surface area contributed by atoms with Crippen LogP contribution in [0.25, 0.3) is 0 Å². The summed E-state index contributed by atoms with van der Waals surface area (Å²) in [5, 5.41) is 0.217. The molecule has 4 N–H and O–H groups in total. The Morgan fingerprint density at radius 2 is 2.11 bits per heavy atom. The zero-order chi connectivity index (χ0) is 13.9. The van der Waals surface area contributed by atoms with Crippen LogP contribution < -0.4 is 11.5 Å². The summed E-state index contributed by atoms with van der Waals surface area (Å²) in [6, 6.07) is 0.575. The lowest BCUT2D eigenvalue weighted by atomic mass is 10.1. The number of ether oxygens (including phenoxy) is 1. The topological polar surface area (TPSA) is 104 Å². The van der Waals surface area contributed by atoms with Crippen LogP contribution in [0.5, 0.6) is 0 Å². The minimum absolute atomic E-state index is 0.125. The van der Waals surface area contributed by atoms with Gasteiger partial charge in [0.25, 0.3) is 0 Å². The van der Waals surface area contributed by atoms with Gasteiger partial charge in [0.2, 0.25) is 0 Å². The van der Waals surface area contributed by atoms with Crippen LogP contribution in [-0.4, -0.2) is 27.6 Å². The average Bonchev–Trinajstić information content (AvgIpc) is 2.12. The molecule has 1 aromatic heterocycles. The summed E-state index contributed by atoms with van der Waals surface area (Å²) in [6.07, 6.45) is 0.125. The van der Waals surface area contributed by atoms with Crippen molar-refractivity contribution in [3.05, 3.63) is 17.0 Å². The third-order valence-corrected chi connectivity index (χ3v) is 2.07. The first-order chi connectivity index (χ1) is 8.17. The lowest BCUT2D eigenvalue weighted by Crippen LogP contribution is -2.39. The SMILES string of the molecule is CC(C)(C)OC(=O)C(N)Cc1nc(N)cc(Cl)n1. The number of rotatable bonds is 3. The van der Waals surface area contributed by atoms with Crippen LogP contribution in [0.1, 0.15) is 26.6 Å². The number of hydrogen-bond donors (Lipinski definition) is 2. The lowest BCUT2D eigenvalue weighted by molar-refractivity contribution is -0.156. The van der Waals surface area contributed by atoms with Crippen molar-refractivity contribution >= 4 is 23.4 Å². The second-order valence-corrected chi connectivity index (χ2v) is 5.26. The van der Waals surface area contributed by atoms with Crippen molar-refractivity contribution in [1.82, 2.24) is 9.97 Å². The van der Waals surface area contributed by atoms with Crippen LogP contribution in [0.15, 0.2) is 6.07 Å². The van der Waals surface area contributed by atoms with E-state index in [9.17, 15) is 4.79 Å². The number of nitrogen functional groups attached to an aromatic ring is 1. The van der Waals surface area contributed by atoms with Crippen LogP contribution in [0.2, 0.25) is 5.15 Å². The van der Waals surface area contributed by atoms with E-state index in [1.165, 1.54) is 6.07 Å². The quantitative estimate of drug-likeness (QED) is 0.626. The van der Waals surface area contributed by atoms with Crippen LogP contribution in [0.4, 0.5) is 5.82 Å². The van der Waals surface area contributed by atoms with Crippen molar-refractivity contribution < 1.29 is 9.53 Å². The molecule has 7 heteroatoms. The number of hydrogen-bond acceptors (Lipinski definition) is 6. The zero-order valence-electron chi connectivity index (χ0n) is 10.6. The van der Waals surface area contributed by atoms with Crippen LogP contribution in [-0.2, 0) is 16.0 Å². The molecule has 0 fully saturated rings. The Bertz CT molecular complexity index is 425. The Hall–Kier alpha value is -1.40. The standard InChI is InChI=1S/C11H17ClN4O2/c1-11(2,3)18-10(17)6(13)4-9-15-7(12)5-8(14)16-9/h5-6H,4,13H2,1-3H3,(H2,14,15,16). The molecule has 1 aromatic rings. The van der Waals surface area contributed by atoms with Gasteiger partial charge < -0.3 is 16.2 Å². The third-order valence-electron chi connectivity index (χ3n) is 1.87. The molecule has 0 aromatic carbocycles. The largest absolute Gasteiger partial charge is 0.459 e. The molecule has 0 saturated carbocycles. The normalized spacial score (nSPS) is 13.2. The average molecular weight is 273 g/mol. The molecule has 6 nitrogen and oxygen atoms in total. The van der Waals surface area contributed by atoms with Crippen molar-refractivity contribution in [2.75, 3.05) is 5.73 Å². The van der Waals surface area contributed by atoms with Crippen molar-refractivity contribution in [2.45, 2.75) is 38.8 Å². The van der Waals surface area contributed by atoms with Crippen molar-refractivity contribution in [3.63, 3.8) is 0 Å². The van der Waals surface area contributed by atoms with Gasteiger partial charge in [-0.25, -0.2) is 9.97 Å². The summed E-state index contributed by atoms with van der Waals surface area (Å²) in [7, 11) is 0. The molecule has 0 amide bonds. The van der Waals surface area contributed by atoms with E-state index in [1.54, 1.807) is 20.8 Å². The Morgan fingerprint density at radius 3 is 2.61 bits per heavy atom. The Balaban J connectivity index is 2.69. The highest BCUT2D eigenvalue weighted by atomic mass is 35.5. The third kappa shape index (κ3) is 4.85. The predicted molar refractivity (Wildman–Crippen MR) is 69.0 cm³/mol. The molecule has 0 saturated heterocycles. The number of esters is 1. The van der Waals surface area contributed by atoms with E-state index in [0.29, 0.717) is 5.82 Å². The fourth-order valence-electron chi connectivity index (χ4n) is 1.23. The smallest absolute Gasteiger partial charge is 0.323 e. The molecule has 0 aliphatic rings. The second-order valence-electron chi connectivity index (χ2n) is 4.88. The van der Waals surface area contributed by atoms with Crippen molar-refractivity contribution in [2.24, 2.45) is 5.73 Å². The molecule has 100 valence electrons. The molecule has 18 heavy (non-hydrogen) atoms. The predicted octanol–water partition coefficient (Wildman–Crippen LogP) is 0.924. The van der Waals surface area contributed by atoms with Gasteiger partial charge in [-0.05, 0) is 20.8 Å². The number of nitrogens with two attached hydrogens (primary N) is 2. The van der Waals surface area contributed by atoms with E-state index in [0.717, 1.165) is 0 Å². The maximum absolute atomic E-state index is 11.7. The number of halogens is 1. The number of nitrogens with zero attached hydrogens (tertiary/aromatic N) is 2. The first kappa shape index (κ1) is 14.7. The maximum Gasteiger partial charge on any atom is 0.323 e. The number of carbonyl (C=O) groups is 1. The Labute approximate surface area is 111 Å². The fraction of sp³-hybridized carbons (Fsp3) is 0.545. The van der Waals surface area contributed by atoms with Gasteiger partial charge in [-0.1, -0.05) is 11.6 Å². The van der Waals surface area contributed by atoms with Gasteiger partial charge >= 0.3 is 5.97 Å². The molecule has 1 atom stereocenters. The van der Waals surface area contributed by atoms with E-state index in [1.807, 2.05) is 0 Å². The molecule has 1 rings (SSSR count). The van der Waals surface area contributed by atoms with Gasteiger partial charge in [-0.2, -0.15) is 0 Å². The van der Waals surface area contributed by atoms with Gasteiger partial charge in [-0.15, -0.1) is 0 Å². The maximum atomic E-state index is 11.7. The molecular formula is C11H17ClN4O2. The summed E-state index contributed by atoms with van der Waals surface area (Å²) in [5.41, 5.74) is 10.7. The number of aromatic nitrogens is 2. The summed E-state index contributed by atoms with van der Waals surface area (Å²) in [5.74, 6) is 0.0457. The van der Waals surface area contributed by atoms with E-state index in [2.05, 4.69) is 9.97 Å². The Kier molecular flexibility index (Phi) is 4.48. The highest BCUT2D eigenvalue weighted by Gasteiger charge is 2.23. The highest BCUT2D eigenvalue weighted by Crippen LogP contribution is 2.12. The molecule has 0 radical (unpaired) electrons. The van der Waals surface area contributed by atoms with Crippen molar-refractivity contribution in [1.29, 1.82) is 0 Å².